The SMILES string of the molecule is C=C(C)Cc1c(OCC(=O)NC[C@@H]2CCCO2)ccc2c1c1ccnc3c4ccccc4c(=O)n2c13. The summed E-state index contributed by atoms with van der Waals surface area (Å²) >= 11 is 0. The maximum absolute atomic E-state index is 13.6. The zero-order chi connectivity index (χ0) is 24.8. The number of amides is 1. The number of carbonyl (C=O) groups is 1. The average molecular weight is 482 g/mol. The van der Waals surface area contributed by atoms with E-state index in [0.717, 1.165) is 63.3 Å². The molecule has 7 nitrogen and oxygen atoms in total. The van der Waals surface area contributed by atoms with Crippen molar-refractivity contribution in [1.29, 1.82) is 0 Å². The second kappa shape index (κ2) is 8.91. The van der Waals surface area contributed by atoms with Gasteiger partial charge in [0.2, 0.25) is 0 Å². The van der Waals surface area contributed by atoms with E-state index in [9.17, 15) is 9.59 Å². The Hall–Kier alpha value is -3.97. The molecule has 1 aliphatic rings. The molecule has 0 radical (unpaired) electrons. The number of rotatable bonds is 7. The summed E-state index contributed by atoms with van der Waals surface area (Å²) in [4.78, 5) is 30.7. The Morgan fingerprint density at radius 3 is 2.81 bits per heavy atom. The highest BCUT2D eigenvalue weighted by Crippen LogP contribution is 2.38. The molecule has 1 atom stereocenters. The van der Waals surface area contributed by atoms with Crippen molar-refractivity contribution in [2.45, 2.75) is 32.3 Å². The zero-order valence-electron chi connectivity index (χ0n) is 20.2. The molecule has 1 fully saturated rings. The fourth-order valence-corrected chi connectivity index (χ4v) is 5.35. The Morgan fingerprint density at radius 1 is 1.19 bits per heavy atom. The van der Waals surface area contributed by atoms with Crippen molar-refractivity contribution < 1.29 is 14.3 Å². The standard InChI is InChI=1S/C29H27N3O4/c1-17(2)14-22-24(36-16-25(33)31-15-18-6-5-13-35-18)10-9-23-26(22)21-11-12-30-27-19-7-3-4-8-20(19)29(34)32(23)28(21)27/h3-4,7-12,18H,1,5-6,13-16H2,2H3,(H,31,33)/t18-/m0/s1. The number of hydrogen-bond donors (Lipinski definition) is 1. The highest BCUT2D eigenvalue weighted by atomic mass is 16.5. The minimum Gasteiger partial charge on any atom is -0.483 e. The number of allylic oxidation sites excluding steroid dienone is 1. The maximum atomic E-state index is 13.6. The fourth-order valence-electron chi connectivity index (χ4n) is 5.35. The molecule has 36 heavy (non-hydrogen) atoms. The van der Waals surface area contributed by atoms with E-state index in [0.29, 0.717) is 24.1 Å². The van der Waals surface area contributed by atoms with Crippen LogP contribution in [-0.2, 0) is 16.0 Å². The smallest absolute Gasteiger partial charge is 0.263 e. The van der Waals surface area contributed by atoms with Crippen LogP contribution in [0.1, 0.15) is 25.3 Å². The van der Waals surface area contributed by atoms with Crippen molar-refractivity contribution >= 4 is 44.0 Å². The topological polar surface area (TPSA) is 81.9 Å². The summed E-state index contributed by atoms with van der Waals surface area (Å²) in [7, 11) is 0. The van der Waals surface area contributed by atoms with Crippen molar-refractivity contribution in [1.82, 2.24) is 14.7 Å². The molecule has 7 heteroatoms. The van der Waals surface area contributed by atoms with Crippen molar-refractivity contribution in [3.8, 4) is 5.75 Å². The van der Waals surface area contributed by atoms with Crippen LogP contribution in [0.15, 0.2) is 65.6 Å². The summed E-state index contributed by atoms with van der Waals surface area (Å²) in [5.74, 6) is 0.420. The van der Waals surface area contributed by atoms with E-state index in [-0.39, 0.29) is 24.2 Å². The maximum Gasteiger partial charge on any atom is 0.263 e. The third kappa shape index (κ3) is 3.67. The molecule has 0 bridgehead atoms. The first-order valence-electron chi connectivity index (χ1n) is 12.3. The summed E-state index contributed by atoms with van der Waals surface area (Å²) in [6.45, 7) is 7.22. The summed E-state index contributed by atoms with van der Waals surface area (Å²) < 4.78 is 13.4. The van der Waals surface area contributed by atoms with Gasteiger partial charge < -0.3 is 14.8 Å². The van der Waals surface area contributed by atoms with Gasteiger partial charge in [-0.2, -0.15) is 0 Å². The van der Waals surface area contributed by atoms with Gasteiger partial charge in [0.1, 0.15) is 5.75 Å². The van der Waals surface area contributed by atoms with Crippen LogP contribution in [-0.4, -0.2) is 41.2 Å². The van der Waals surface area contributed by atoms with E-state index in [1.165, 1.54) is 0 Å². The van der Waals surface area contributed by atoms with E-state index >= 15 is 0 Å². The number of nitrogens with one attached hydrogen (secondary N) is 1. The Balaban J connectivity index is 1.47. The summed E-state index contributed by atoms with van der Waals surface area (Å²) in [6, 6.07) is 13.3. The van der Waals surface area contributed by atoms with Gasteiger partial charge in [-0.3, -0.25) is 19.0 Å². The zero-order valence-corrected chi connectivity index (χ0v) is 20.2. The summed E-state index contributed by atoms with van der Waals surface area (Å²) in [5.41, 5.74) is 4.17. The van der Waals surface area contributed by atoms with E-state index < -0.39 is 0 Å². The number of fused-ring (bicyclic) bond motifs is 5. The van der Waals surface area contributed by atoms with E-state index in [1.807, 2.05) is 49.4 Å². The van der Waals surface area contributed by atoms with Gasteiger partial charge >= 0.3 is 0 Å². The van der Waals surface area contributed by atoms with Crippen molar-refractivity contribution in [2.24, 2.45) is 0 Å². The van der Waals surface area contributed by atoms with Gasteiger partial charge in [-0.1, -0.05) is 30.4 Å². The Kier molecular flexibility index (Phi) is 5.57. The van der Waals surface area contributed by atoms with Crippen LogP contribution in [0.2, 0.25) is 0 Å². The predicted molar refractivity (Wildman–Crippen MR) is 141 cm³/mol. The fraction of sp³-hybridized carbons (Fsp3) is 0.276. The molecular formula is C29H27N3O4. The van der Waals surface area contributed by atoms with Gasteiger partial charge in [0.25, 0.3) is 11.5 Å². The first kappa shape index (κ1) is 22.5. The van der Waals surface area contributed by atoms with Crippen LogP contribution >= 0.6 is 0 Å². The number of carbonyl (C=O) groups excluding carboxylic acids is 1. The highest BCUT2D eigenvalue weighted by Gasteiger charge is 2.22. The van der Waals surface area contributed by atoms with Gasteiger partial charge in [0.05, 0.1) is 22.7 Å². The summed E-state index contributed by atoms with van der Waals surface area (Å²) in [5, 5.41) is 6.23. The molecule has 1 amide bonds. The minimum absolute atomic E-state index is 0.0745. The first-order chi connectivity index (χ1) is 17.5. The van der Waals surface area contributed by atoms with E-state index in [1.54, 1.807) is 10.6 Å². The average Bonchev–Trinajstić information content (AvgIpc) is 3.52. The number of hydrogen-bond acceptors (Lipinski definition) is 5. The van der Waals surface area contributed by atoms with Gasteiger partial charge in [-0.25, -0.2) is 0 Å². The van der Waals surface area contributed by atoms with Crippen molar-refractivity contribution in [3.63, 3.8) is 0 Å². The molecule has 0 aliphatic carbocycles. The minimum atomic E-state index is -0.190. The second-order valence-electron chi connectivity index (χ2n) is 9.54. The normalized spacial score (nSPS) is 15.9. The molecule has 0 unspecified atom stereocenters. The number of pyridine rings is 2. The third-order valence-corrected chi connectivity index (χ3v) is 6.91. The number of aromatic nitrogens is 2. The molecular weight excluding hydrogens is 454 g/mol. The number of nitrogens with zero attached hydrogens (tertiary/aromatic N) is 2. The molecule has 4 heterocycles. The quantitative estimate of drug-likeness (QED) is 0.276. The lowest BCUT2D eigenvalue weighted by molar-refractivity contribution is -0.123. The molecule has 1 N–H and O–H groups in total. The van der Waals surface area contributed by atoms with Gasteiger partial charge in [0, 0.05) is 46.5 Å². The van der Waals surface area contributed by atoms with Crippen LogP contribution < -0.4 is 15.6 Å². The molecule has 2 aromatic carbocycles. The Bertz CT molecular complexity index is 1700. The lowest BCUT2D eigenvalue weighted by Gasteiger charge is -2.14. The Labute approximate surface area is 207 Å². The Morgan fingerprint density at radius 2 is 2.03 bits per heavy atom. The van der Waals surface area contributed by atoms with Crippen LogP contribution in [0.25, 0.3) is 38.1 Å². The van der Waals surface area contributed by atoms with Crippen LogP contribution in [0.3, 0.4) is 0 Å². The molecule has 182 valence electrons. The van der Waals surface area contributed by atoms with Crippen molar-refractivity contribution in [2.75, 3.05) is 19.8 Å². The monoisotopic (exact) mass is 481 g/mol. The highest BCUT2D eigenvalue weighted by molar-refractivity contribution is 6.19. The first-order valence-corrected chi connectivity index (χ1v) is 12.3. The molecule has 5 aromatic rings. The van der Waals surface area contributed by atoms with Gasteiger partial charge in [0.15, 0.2) is 6.61 Å². The number of ether oxygens (including phenoxy) is 2. The van der Waals surface area contributed by atoms with Crippen LogP contribution in [0, 0.1) is 0 Å². The van der Waals surface area contributed by atoms with Gasteiger partial charge in [-0.15, -0.1) is 0 Å². The van der Waals surface area contributed by atoms with E-state index in [4.69, 9.17) is 9.47 Å². The number of benzene rings is 2. The molecule has 0 saturated carbocycles. The largest absolute Gasteiger partial charge is 0.483 e. The molecule has 1 aliphatic heterocycles. The molecule has 1 saturated heterocycles. The predicted octanol–water partition coefficient (Wildman–Crippen LogP) is 4.38. The van der Waals surface area contributed by atoms with Crippen molar-refractivity contribution in [3.05, 3.63) is 76.7 Å². The second-order valence-corrected chi connectivity index (χ2v) is 9.54. The lowest BCUT2D eigenvalue weighted by atomic mass is 9.99. The molecule has 3 aromatic heterocycles. The third-order valence-electron chi connectivity index (χ3n) is 6.91. The lowest BCUT2D eigenvalue weighted by Crippen LogP contribution is -2.35. The summed E-state index contributed by atoms with van der Waals surface area (Å²) in [6.07, 6.45) is 4.41. The van der Waals surface area contributed by atoms with Crippen LogP contribution in [0.4, 0.5) is 0 Å². The van der Waals surface area contributed by atoms with Crippen LogP contribution in [0.5, 0.6) is 5.75 Å². The van der Waals surface area contributed by atoms with E-state index in [2.05, 4.69) is 16.9 Å². The van der Waals surface area contributed by atoms with Gasteiger partial charge in [-0.05, 0) is 50.5 Å². The molecule has 6 rings (SSSR count). The molecule has 0 spiro atoms.